The molecule has 0 bridgehead atoms. The number of piperidine rings is 1. The van der Waals surface area contributed by atoms with Gasteiger partial charge in [-0.1, -0.05) is 19.4 Å². The number of nitrogens with zero attached hydrogens (tertiary/aromatic N) is 1. The third-order valence-electron chi connectivity index (χ3n) is 5.08. The summed E-state index contributed by atoms with van der Waals surface area (Å²) in [5.41, 5.74) is 0.919. The van der Waals surface area contributed by atoms with Gasteiger partial charge in [-0.3, -0.25) is 9.69 Å². The van der Waals surface area contributed by atoms with E-state index in [4.69, 9.17) is 9.47 Å². The standard InChI is InChI=1S/C19H29NO5/c1-5-7-19(18(22)23)12-20(8-6-16(19)21)11-14-9-13(2)10-15(24-3)17(14)25-4/h9-10,16,21H,5-8,11-12H2,1-4H3,(H,22,23)/t16-,19-/m1/s1. The smallest absolute Gasteiger partial charge is 0.313 e. The maximum atomic E-state index is 11.9. The Kier molecular flexibility index (Phi) is 6.30. The number of aliphatic hydroxyl groups is 1. The van der Waals surface area contributed by atoms with Crippen LogP contribution in [0.25, 0.3) is 0 Å². The maximum Gasteiger partial charge on any atom is 0.313 e. The summed E-state index contributed by atoms with van der Waals surface area (Å²) < 4.78 is 10.9. The van der Waals surface area contributed by atoms with Gasteiger partial charge in [-0.05, 0) is 31.4 Å². The van der Waals surface area contributed by atoms with Crippen LogP contribution in [0, 0.1) is 12.3 Å². The van der Waals surface area contributed by atoms with E-state index in [1.165, 1.54) is 0 Å². The van der Waals surface area contributed by atoms with Crippen molar-refractivity contribution in [2.24, 2.45) is 5.41 Å². The first-order valence-electron chi connectivity index (χ1n) is 8.73. The molecule has 0 spiro atoms. The van der Waals surface area contributed by atoms with Gasteiger partial charge < -0.3 is 19.7 Å². The molecule has 0 aliphatic carbocycles. The molecule has 1 fully saturated rings. The first-order valence-corrected chi connectivity index (χ1v) is 8.73. The number of likely N-dealkylation sites (tertiary alicyclic amines) is 1. The average Bonchev–Trinajstić information content (AvgIpc) is 2.57. The molecule has 0 amide bonds. The second kappa shape index (κ2) is 8.06. The van der Waals surface area contributed by atoms with Gasteiger partial charge >= 0.3 is 5.97 Å². The molecular formula is C19H29NO5. The van der Waals surface area contributed by atoms with Crippen LogP contribution < -0.4 is 9.47 Å². The van der Waals surface area contributed by atoms with Crippen LogP contribution in [-0.4, -0.2) is 54.5 Å². The van der Waals surface area contributed by atoms with Gasteiger partial charge in [-0.15, -0.1) is 0 Å². The van der Waals surface area contributed by atoms with Gasteiger partial charge in [0.25, 0.3) is 0 Å². The Labute approximate surface area is 149 Å². The molecule has 25 heavy (non-hydrogen) atoms. The molecule has 0 aromatic heterocycles. The predicted molar refractivity (Wildman–Crippen MR) is 95.2 cm³/mol. The monoisotopic (exact) mass is 351 g/mol. The summed E-state index contributed by atoms with van der Waals surface area (Å²) in [5.74, 6) is 0.434. The Bertz CT molecular complexity index is 618. The van der Waals surface area contributed by atoms with Crippen molar-refractivity contribution in [1.82, 2.24) is 4.90 Å². The highest BCUT2D eigenvalue weighted by Gasteiger charge is 2.48. The molecule has 2 atom stereocenters. The topological polar surface area (TPSA) is 79.2 Å². The summed E-state index contributed by atoms with van der Waals surface area (Å²) in [6.45, 7) is 5.48. The van der Waals surface area contributed by atoms with E-state index in [-0.39, 0.29) is 0 Å². The largest absolute Gasteiger partial charge is 0.493 e. The van der Waals surface area contributed by atoms with Crippen LogP contribution in [0.1, 0.15) is 37.3 Å². The number of aliphatic carboxylic acids is 1. The van der Waals surface area contributed by atoms with Crippen molar-refractivity contribution in [3.8, 4) is 11.5 Å². The molecule has 1 heterocycles. The Morgan fingerprint density at radius 3 is 2.64 bits per heavy atom. The number of carboxylic acid groups (broad SMARTS) is 1. The Morgan fingerprint density at radius 2 is 2.08 bits per heavy atom. The number of rotatable bonds is 7. The Morgan fingerprint density at radius 1 is 1.36 bits per heavy atom. The number of hydrogen-bond acceptors (Lipinski definition) is 5. The fourth-order valence-corrected chi connectivity index (χ4v) is 3.86. The fourth-order valence-electron chi connectivity index (χ4n) is 3.86. The predicted octanol–water partition coefficient (Wildman–Crippen LogP) is 2.45. The fraction of sp³-hybridized carbons (Fsp3) is 0.632. The molecule has 1 aliphatic rings. The molecule has 1 saturated heterocycles. The summed E-state index contributed by atoms with van der Waals surface area (Å²) >= 11 is 0. The van der Waals surface area contributed by atoms with Gasteiger partial charge in [0.1, 0.15) is 5.41 Å². The molecule has 0 radical (unpaired) electrons. The molecule has 6 nitrogen and oxygen atoms in total. The van der Waals surface area contributed by atoms with Crippen molar-refractivity contribution in [3.05, 3.63) is 23.3 Å². The van der Waals surface area contributed by atoms with Crippen molar-refractivity contribution >= 4 is 5.97 Å². The van der Waals surface area contributed by atoms with Gasteiger partial charge in [-0.25, -0.2) is 0 Å². The van der Waals surface area contributed by atoms with Gasteiger partial charge in [-0.2, -0.15) is 0 Å². The number of carboxylic acids is 1. The van der Waals surface area contributed by atoms with Crippen LogP contribution in [0.2, 0.25) is 0 Å². The summed E-state index contributed by atoms with van der Waals surface area (Å²) in [6, 6.07) is 3.95. The molecule has 140 valence electrons. The summed E-state index contributed by atoms with van der Waals surface area (Å²) in [7, 11) is 3.21. The Hall–Kier alpha value is -1.79. The minimum Gasteiger partial charge on any atom is -0.493 e. The van der Waals surface area contributed by atoms with E-state index in [1.54, 1.807) is 14.2 Å². The first kappa shape index (κ1) is 19.5. The van der Waals surface area contributed by atoms with Crippen molar-refractivity contribution in [3.63, 3.8) is 0 Å². The highest BCUT2D eigenvalue weighted by molar-refractivity contribution is 5.76. The van der Waals surface area contributed by atoms with E-state index < -0.39 is 17.5 Å². The molecule has 1 aromatic carbocycles. The van der Waals surface area contributed by atoms with Crippen molar-refractivity contribution < 1.29 is 24.5 Å². The summed E-state index contributed by atoms with van der Waals surface area (Å²) in [6.07, 6.45) is 0.833. The SMILES string of the molecule is CCC[C@@]1(C(=O)O)CN(Cc2cc(C)cc(OC)c2OC)CC[C@H]1O. The second-order valence-electron chi connectivity index (χ2n) is 6.89. The number of benzene rings is 1. The summed E-state index contributed by atoms with van der Waals surface area (Å²) in [5, 5.41) is 20.1. The third kappa shape index (κ3) is 3.90. The molecule has 2 rings (SSSR count). The van der Waals surface area contributed by atoms with E-state index in [1.807, 2.05) is 26.0 Å². The van der Waals surface area contributed by atoms with E-state index >= 15 is 0 Å². The number of aryl methyl sites for hydroxylation is 1. The van der Waals surface area contributed by atoms with Crippen LogP contribution in [0.4, 0.5) is 0 Å². The van der Waals surface area contributed by atoms with E-state index in [0.29, 0.717) is 44.0 Å². The molecule has 1 aliphatic heterocycles. The molecular weight excluding hydrogens is 322 g/mol. The van der Waals surface area contributed by atoms with Crippen LogP contribution in [0.15, 0.2) is 12.1 Å². The number of ether oxygens (including phenoxy) is 2. The van der Waals surface area contributed by atoms with Crippen LogP contribution in [-0.2, 0) is 11.3 Å². The minimum absolute atomic E-state index is 0.330. The molecule has 0 saturated carbocycles. The lowest BCUT2D eigenvalue weighted by molar-refractivity contribution is -0.164. The number of aliphatic hydroxyl groups excluding tert-OH is 1. The Balaban J connectivity index is 2.29. The zero-order chi connectivity index (χ0) is 18.6. The van der Waals surface area contributed by atoms with E-state index in [2.05, 4.69) is 4.90 Å². The van der Waals surface area contributed by atoms with Gasteiger partial charge in [0.2, 0.25) is 0 Å². The third-order valence-corrected chi connectivity index (χ3v) is 5.08. The van der Waals surface area contributed by atoms with Crippen molar-refractivity contribution in [1.29, 1.82) is 0 Å². The van der Waals surface area contributed by atoms with E-state index in [9.17, 15) is 15.0 Å². The first-order chi connectivity index (χ1) is 11.9. The second-order valence-corrected chi connectivity index (χ2v) is 6.89. The average molecular weight is 351 g/mol. The van der Waals surface area contributed by atoms with Crippen LogP contribution >= 0.6 is 0 Å². The summed E-state index contributed by atoms with van der Waals surface area (Å²) in [4.78, 5) is 14.0. The highest BCUT2D eigenvalue weighted by Crippen LogP contribution is 2.38. The highest BCUT2D eigenvalue weighted by atomic mass is 16.5. The normalized spacial score (nSPS) is 24.1. The quantitative estimate of drug-likeness (QED) is 0.786. The molecule has 2 N–H and O–H groups in total. The lowest BCUT2D eigenvalue weighted by atomic mass is 9.74. The lowest BCUT2D eigenvalue weighted by Crippen LogP contribution is -2.55. The number of carbonyl (C=O) groups is 1. The lowest BCUT2D eigenvalue weighted by Gasteiger charge is -2.43. The van der Waals surface area contributed by atoms with Gasteiger partial charge in [0.05, 0.1) is 20.3 Å². The number of hydrogen-bond donors (Lipinski definition) is 2. The van der Waals surface area contributed by atoms with Crippen LogP contribution in [0.5, 0.6) is 11.5 Å². The van der Waals surface area contributed by atoms with E-state index in [0.717, 1.165) is 17.5 Å². The van der Waals surface area contributed by atoms with Crippen LogP contribution in [0.3, 0.4) is 0 Å². The zero-order valence-electron chi connectivity index (χ0n) is 15.5. The molecule has 6 heteroatoms. The zero-order valence-corrected chi connectivity index (χ0v) is 15.5. The maximum absolute atomic E-state index is 11.9. The molecule has 1 aromatic rings. The minimum atomic E-state index is -1.10. The van der Waals surface area contributed by atoms with Crippen molar-refractivity contribution in [2.45, 2.75) is 45.8 Å². The molecule has 0 unspecified atom stereocenters. The van der Waals surface area contributed by atoms with Gasteiger partial charge in [0, 0.05) is 25.2 Å². The van der Waals surface area contributed by atoms with Crippen molar-refractivity contribution in [2.75, 3.05) is 27.3 Å². The number of methoxy groups -OCH3 is 2. The van der Waals surface area contributed by atoms with Gasteiger partial charge in [0.15, 0.2) is 11.5 Å².